The van der Waals surface area contributed by atoms with E-state index in [4.69, 9.17) is 14.6 Å². The van der Waals surface area contributed by atoms with Gasteiger partial charge in [-0.15, -0.1) is 0 Å². The van der Waals surface area contributed by atoms with Crippen molar-refractivity contribution in [2.75, 3.05) is 20.3 Å². The number of benzene rings is 1. The SMILES string of the molecule is COC(CNC(=O)COc1cc(C)cc(C)c1)C(=O)O. The molecule has 0 bridgehead atoms. The summed E-state index contributed by atoms with van der Waals surface area (Å²) < 4.78 is 10.1. The molecule has 0 radical (unpaired) electrons. The van der Waals surface area contributed by atoms with Crippen molar-refractivity contribution >= 4 is 11.9 Å². The van der Waals surface area contributed by atoms with Gasteiger partial charge in [0.25, 0.3) is 5.91 Å². The van der Waals surface area contributed by atoms with E-state index in [0.717, 1.165) is 11.1 Å². The maximum absolute atomic E-state index is 11.5. The van der Waals surface area contributed by atoms with Crippen molar-refractivity contribution < 1.29 is 24.2 Å². The second kappa shape index (κ2) is 7.49. The van der Waals surface area contributed by atoms with E-state index in [1.54, 1.807) is 0 Å². The largest absolute Gasteiger partial charge is 0.484 e. The summed E-state index contributed by atoms with van der Waals surface area (Å²) in [6, 6.07) is 5.66. The summed E-state index contributed by atoms with van der Waals surface area (Å²) in [6.45, 7) is 3.62. The molecular weight excluding hydrogens is 262 g/mol. The van der Waals surface area contributed by atoms with E-state index in [-0.39, 0.29) is 13.2 Å². The van der Waals surface area contributed by atoms with Gasteiger partial charge in [0, 0.05) is 7.11 Å². The fourth-order valence-electron chi connectivity index (χ4n) is 1.69. The summed E-state index contributed by atoms with van der Waals surface area (Å²) in [5, 5.41) is 11.2. The molecule has 2 N–H and O–H groups in total. The molecule has 0 spiro atoms. The van der Waals surface area contributed by atoms with E-state index in [1.807, 2.05) is 32.0 Å². The lowest BCUT2D eigenvalue weighted by molar-refractivity contribution is -0.148. The first-order valence-corrected chi connectivity index (χ1v) is 6.15. The van der Waals surface area contributed by atoms with Crippen molar-refractivity contribution in [3.63, 3.8) is 0 Å². The lowest BCUT2D eigenvalue weighted by Crippen LogP contribution is -2.39. The smallest absolute Gasteiger partial charge is 0.334 e. The average Bonchev–Trinajstić information content (AvgIpc) is 2.35. The maximum Gasteiger partial charge on any atom is 0.334 e. The van der Waals surface area contributed by atoms with E-state index >= 15 is 0 Å². The molecule has 1 aromatic rings. The van der Waals surface area contributed by atoms with Gasteiger partial charge in [0.1, 0.15) is 5.75 Å². The van der Waals surface area contributed by atoms with Crippen LogP contribution in [0.3, 0.4) is 0 Å². The number of aliphatic carboxylic acids is 1. The number of carboxylic acids is 1. The minimum absolute atomic E-state index is 0.0964. The molecule has 0 heterocycles. The number of carbonyl (C=O) groups is 2. The van der Waals surface area contributed by atoms with Crippen molar-refractivity contribution in [3.8, 4) is 5.75 Å². The Morgan fingerprint density at radius 1 is 1.25 bits per heavy atom. The summed E-state index contributed by atoms with van der Waals surface area (Å²) in [4.78, 5) is 22.2. The van der Waals surface area contributed by atoms with E-state index in [9.17, 15) is 9.59 Å². The van der Waals surface area contributed by atoms with Gasteiger partial charge < -0.3 is 19.9 Å². The van der Waals surface area contributed by atoms with Gasteiger partial charge in [0.15, 0.2) is 12.7 Å². The minimum Gasteiger partial charge on any atom is -0.484 e. The molecule has 0 aliphatic carbocycles. The molecule has 0 saturated carbocycles. The standard InChI is InChI=1S/C14H19NO5/c1-9-4-10(2)6-11(5-9)20-8-13(16)15-7-12(19-3)14(17)18/h4-6,12H,7-8H2,1-3H3,(H,15,16)(H,17,18). The highest BCUT2D eigenvalue weighted by Gasteiger charge is 2.17. The number of rotatable bonds is 7. The molecule has 0 aliphatic rings. The van der Waals surface area contributed by atoms with Gasteiger partial charge in [-0.3, -0.25) is 4.79 Å². The molecule has 6 heteroatoms. The second-order valence-electron chi connectivity index (χ2n) is 4.48. The highest BCUT2D eigenvalue weighted by molar-refractivity contribution is 5.79. The quantitative estimate of drug-likeness (QED) is 0.775. The predicted molar refractivity (Wildman–Crippen MR) is 72.9 cm³/mol. The molecule has 0 aliphatic heterocycles. The van der Waals surface area contributed by atoms with Gasteiger partial charge in [0.2, 0.25) is 0 Å². The van der Waals surface area contributed by atoms with Gasteiger partial charge in [-0.2, -0.15) is 0 Å². The van der Waals surface area contributed by atoms with Gasteiger partial charge in [-0.25, -0.2) is 4.79 Å². The topological polar surface area (TPSA) is 84.9 Å². The zero-order valence-corrected chi connectivity index (χ0v) is 11.8. The molecular formula is C14H19NO5. The van der Waals surface area contributed by atoms with Crippen LogP contribution in [0.5, 0.6) is 5.75 Å². The predicted octanol–water partition coefficient (Wildman–Crippen LogP) is 0.898. The van der Waals surface area contributed by atoms with Crippen molar-refractivity contribution in [3.05, 3.63) is 29.3 Å². The maximum atomic E-state index is 11.5. The Morgan fingerprint density at radius 3 is 2.35 bits per heavy atom. The van der Waals surface area contributed by atoms with Crippen molar-refractivity contribution in [1.82, 2.24) is 5.32 Å². The molecule has 6 nitrogen and oxygen atoms in total. The summed E-state index contributed by atoms with van der Waals surface area (Å²) in [7, 11) is 1.27. The highest BCUT2D eigenvalue weighted by Crippen LogP contribution is 2.15. The number of carbonyl (C=O) groups excluding carboxylic acids is 1. The summed E-state index contributed by atoms with van der Waals surface area (Å²) in [5.41, 5.74) is 2.09. The van der Waals surface area contributed by atoms with Crippen molar-refractivity contribution in [2.24, 2.45) is 0 Å². The van der Waals surface area contributed by atoms with Crippen LogP contribution in [0, 0.1) is 13.8 Å². The number of hydrogen-bond donors (Lipinski definition) is 2. The number of amides is 1. The minimum atomic E-state index is -1.12. The van der Waals surface area contributed by atoms with Crippen LogP contribution in [-0.2, 0) is 14.3 Å². The monoisotopic (exact) mass is 281 g/mol. The van der Waals surface area contributed by atoms with E-state index < -0.39 is 18.0 Å². The fourth-order valence-corrected chi connectivity index (χ4v) is 1.69. The van der Waals surface area contributed by atoms with Crippen LogP contribution in [0.4, 0.5) is 0 Å². The van der Waals surface area contributed by atoms with Crippen LogP contribution in [0.1, 0.15) is 11.1 Å². The van der Waals surface area contributed by atoms with E-state index in [1.165, 1.54) is 7.11 Å². The van der Waals surface area contributed by atoms with Crippen molar-refractivity contribution in [2.45, 2.75) is 20.0 Å². The van der Waals surface area contributed by atoms with E-state index in [2.05, 4.69) is 5.32 Å². The third-order valence-corrected chi connectivity index (χ3v) is 2.61. The molecule has 0 fully saturated rings. The normalized spacial score (nSPS) is 11.8. The zero-order valence-electron chi connectivity index (χ0n) is 11.8. The second-order valence-corrected chi connectivity index (χ2v) is 4.48. The molecule has 0 aromatic heterocycles. The highest BCUT2D eigenvalue weighted by atomic mass is 16.5. The Morgan fingerprint density at radius 2 is 1.85 bits per heavy atom. The molecule has 1 rings (SSSR count). The van der Waals surface area contributed by atoms with E-state index in [0.29, 0.717) is 5.75 Å². The van der Waals surface area contributed by atoms with Gasteiger partial charge >= 0.3 is 5.97 Å². The van der Waals surface area contributed by atoms with Crippen LogP contribution in [-0.4, -0.2) is 43.3 Å². The Bertz CT molecular complexity index is 466. The Kier molecular flexibility index (Phi) is 5.99. The number of ether oxygens (including phenoxy) is 2. The Hall–Kier alpha value is -2.08. The first-order chi connectivity index (χ1) is 9.42. The third kappa shape index (κ3) is 5.27. The molecule has 20 heavy (non-hydrogen) atoms. The lowest BCUT2D eigenvalue weighted by Gasteiger charge is -2.12. The Labute approximate surface area is 117 Å². The first kappa shape index (κ1) is 16.0. The molecule has 1 aromatic carbocycles. The number of nitrogens with one attached hydrogen (secondary N) is 1. The Balaban J connectivity index is 2.41. The number of hydrogen-bond acceptors (Lipinski definition) is 4. The molecule has 1 amide bonds. The summed E-state index contributed by atoms with van der Waals surface area (Å²) >= 11 is 0. The van der Waals surface area contributed by atoms with Gasteiger partial charge in [-0.1, -0.05) is 6.07 Å². The fraction of sp³-hybridized carbons (Fsp3) is 0.429. The number of carboxylic acid groups (broad SMARTS) is 1. The molecule has 0 saturated heterocycles. The average molecular weight is 281 g/mol. The van der Waals surface area contributed by atoms with Gasteiger partial charge in [0.05, 0.1) is 6.54 Å². The third-order valence-electron chi connectivity index (χ3n) is 2.61. The molecule has 110 valence electrons. The molecule has 1 unspecified atom stereocenters. The van der Waals surface area contributed by atoms with Crippen molar-refractivity contribution in [1.29, 1.82) is 0 Å². The summed E-state index contributed by atoms with van der Waals surface area (Å²) in [6.07, 6.45) is -1.06. The number of aryl methyl sites for hydroxylation is 2. The van der Waals surface area contributed by atoms with Crippen LogP contribution in [0.15, 0.2) is 18.2 Å². The first-order valence-electron chi connectivity index (χ1n) is 6.15. The van der Waals surface area contributed by atoms with Crippen LogP contribution < -0.4 is 10.1 Å². The van der Waals surface area contributed by atoms with Crippen LogP contribution in [0.2, 0.25) is 0 Å². The van der Waals surface area contributed by atoms with Crippen LogP contribution >= 0.6 is 0 Å². The number of methoxy groups -OCH3 is 1. The van der Waals surface area contributed by atoms with Crippen LogP contribution in [0.25, 0.3) is 0 Å². The lowest BCUT2D eigenvalue weighted by atomic mass is 10.1. The van der Waals surface area contributed by atoms with Gasteiger partial charge in [-0.05, 0) is 37.1 Å². The zero-order chi connectivity index (χ0) is 15.1. The molecule has 1 atom stereocenters. The summed E-state index contributed by atoms with van der Waals surface area (Å²) in [5.74, 6) is -0.908.